The number of aliphatic imine (C=N–C) groups is 1. The molecular formula is C20H33N5O2. The standard InChI is InChI=1S/C20H33N5O2/c1-20(2,3)27-19(26)25-13-17(14-25)23-18(21-4)22-11-15-8-7-9-16(10-15)12-24(5)6/h7-10,17H,11-14H2,1-6H3,(H2,21,22,23). The van der Waals surface area contributed by atoms with Crippen LogP contribution in [0.25, 0.3) is 0 Å². The van der Waals surface area contributed by atoms with Crippen LogP contribution in [0.4, 0.5) is 4.79 Å². The smallest absolute Gasteiger partial charge is 0.410 e. The fourth-order valence-electron chi connectivity index (χ4n) is 2.82. The molecule has 1 amide bonds. The van der Waals surface area contributed by atoms with Crippen LogP contribution in [0.3, 0.4) is 0 Å². The van der Waals surface area contributed by atoms with Gasteiger partial charge in [0.15, 0.2) is 5.96 Å². The Kier molecular flexibility index (Phi) is 7.07. The van der Waals surface area contributed by atoms with Gasteiger partial charge in [-0.15, -0.1) is 0 Å². The molecular weight excluding hydrogens is 342 g/mol. The number of hydrogen-bond donors (Lipinski definition) is 2. The largest absolute Gasteiger partial charge is 0.444 e. The highest BCUT2D eigenvalue weighted by Crippen LogP contribution is 2.15. The molecule has 1 aliphatic rings. The predicted molar refractivity (Wildman–Crippen MR) is 109 cm³/mol. The molecule has 0 spiro atoms. The Morgan fingerprint density at radius 1 is 1.30 bits per heavy atom. The molecule has 1 aliphatic heterocycles. The summed E-state index contributed by atoms with van der Waals surface area (Å²) >= 11 is 0. The molecule has 0 bridgehead atoms. The lowest BCUT2D eigenvalue weighted by molar-refractivity contribution is 0.00701. The Morgan fingerprint density at radius 3 is 2.56 bits per heavy atom. The summed E-state index contributed by atoms with van der Waals surface area (Å²) in [5.41, 5.74) is 2.03. The van der Waals surface area contributed by atoms with Crippen LogP contribution in [0.1, 0.15) is 31.9 Å². The van der Waals surface area contributed by atoms with Crippen molar-refractivity contribution in [1.82, 2.24) is 20.4 Å². The van der Waals surface area contributed by atoms with E-state index in [0.717, 1.165) is 12.5 Å². The van der Waals surface area contributed by atoms with E-state index in [1.54, 1.807) is 11.9 Å². The van der Waals surface area contributed by atoms with E-state index in [4.69, 9.17) is 4.74 Å². The van der Waals surface area contributed by atoms with Crippen molar-refractivity contribution in [2.45, 2.75) is 45.5 Å². The first-order valence-electron chi connectivity index (χ1n) is 9.34. The Bertz CT molecular complexity index is 661. The molecule has 1 aromatic carbocycles. The van der Waals surface area contributed by atoms with Crippen molar-refractivity contribution >= 4 is 12.1 Å². The highest BCUT2D eigenvalue weighted by Gasteiger charge is 2.34. The van der Waals surface area contributed by atoms with Crippen LogP contribution in [0, 0.1) is 0 Å². The number of rotatable bonds is 5. The fourth-order valence-corrected chi connectivity index (χ4v) is 2.82. The van der Waals surface area contributed by atoms with E-state index in [1.807, 2.05) is 20.8 Å². The number of benzene rings is 1. The van der Waals surface area contributed by atoms with Crippen molar-refractivity contribution < 1.29 is 9.53 Å². The van der Waals surface area contributed by atoms with Crippen LogP contribution in [0.5, 0.6) is 0 Å². The number of hydrogen-bond acceptors (Lipinski definition) is 4. The van der Waals surface area contributed by atoms with Gasteiger partial charge < -0.3 is 25.2 Å². The highest BCUT2D eigenvalue weighted by molar-refractivity contribution is 5.80. The van der Waals surface area contributed by atoms with E-state index in [9.17, 15) is 4.79 Å². The van der Waals surface area contributed by atoms with E-state index < -0.39 is 5.60 Å². The molecule has 0 aliphatic carbocycles. The quantitative estimate of drug-likeness (QED) is 0.609. The molecule has 150 valence electrons. The van der Waals surface area contributed by atoms with E-state index >= 15 is 0 Å². The lowest BCUT2D eigenvalue weighted by Gasteiger charge is -2.40. The van der Waals surface area contributed by atoms with Crippen molar-refractivity contribution in [2.75, 3.05) is 34.2 Å². The average molecular weight is 376 g/mol. The van der Waals surface area contributed by atoms with Gasteiger partial charge in [0.2, 0.25) is 0 Å². The minimum Gasteiger partial charge on any atom is -0.444 e. The summed E-state index contributed by atoms with van der Waals surface area (Å²) in [6, 6.07) is 8.71. The first kappa shape index (κ1) is 21.0. The van der Waals surface area contributed by atoms with Gasteiger partial charge in [-0.2, -0.15) is 0 Å². The van der Waals surface area contributed by atoms with Crippen LogP contribution in [0.2, 0.25) is 0 Å². The van der Waals surface area contributed by atoms with Gasteiger partial charge in [0.25, 0.3) is 0 Å². The van der Waals surface area contributed by atoms with Crippen LogP contribution >= 0.6 is 0 Å². The van der Waals surface area contributed by atoms with Crippen LogP contribution in [-0.4, -0.2) is 67.7 Å². The minimum atomic E-state index is -0.464. The predicted octanol–water partition coefficient (Wildman–Crippen LogP) is 2.03. The Morgan fingerprint density at radius 2 is 1.96 bits per heavy atom. The maximum atomic E-state index is 12.0. The van der Waals surface area contributed by atoms with Crippen molar-refractivity contribution in [3.63, 3.8) is 0 Å². The topological polar surface area (TPSA) is 69.2 Å². The molecule has 1 heterocycles. The Hall–Kier alpha value is -2.28. The summed E-state index contributed by atoms with van der Waals surface area (Å²) in [5.74, 6) is 0.738. The van der Waals surface area contributed by atoms with Gasteiger partial charge in [0.05, 0.1) is 6.04 Å². The maximum Gasteiger partial charge on any atom is 0.410 e. The zero-order chi connectivity index (χ0) is 20.0. The second-order valence-electron chi connectivity index (χ2n) is 8.21. The van der Waals surface area contributed by atoms with E-state index in [-0.39, 0.29) is 12.1 Å². The number of amides is 1. The second kappa shape index (κ2) is 9.08. The number of nitrogens with one attached hydrogen (secondary N) is 2. The molecule has 1 saturated heterocycles. The van der Waals surface area contributed by atoms with E-state index in [1.165, 1.54) is 11.1 Å². The molecule has 1 aromatic rings. The minimum absolute atomic E-state index is 0.184. The molecule has 1 fully saturated rings. The van der Waals surface area contributed by atoms with Crippen LogP contribution < -0.4 is 10.6 Å². The lowest BCUT2D eigenvalue weighted by Crippen LogP contribution is -2.63. The summed E-state index contributed by atoms with van der Waals surface area (Å²) in [5, 5.41) is 6.69. The first-order chi connectivity index (χ1) is 12.7. The zero-order valence-electron chi connectivity index (χ0n) is 17.4. The molecule has 0 atom stereocenters. The SMILES string of the molecule is CN=C(NCc1cccc(CN(C)C)c1)NC1CN(C(=O)OC(C)(C)C)C1. The number of likely N-dealkylation sites (tertiary alicyclic amines) is 1. The van der Waals surface area contributed by atoms with Crippen LogP contribution in [-0.2, 0) is 17.8 Å². The first-order valence-corrected chi connectivity index (χ1v) is 9.34. The van der Waals surface area contributed by atoms with E-state index in [0.29, 0.717) is 19.6 Å². The number of carbonyl (C=O) groups excluding carboxylic acids is 1. The monoisotopic (exact) mass is 375 g/mol. The normalized spacial score (nSPS) is 15.5. The third-order valence-corrected chi connectivity index (χ3v) is 4.05. The van der Waals surface area contributed by atoms with Gasteiger partial charge in [-0.05, 0) is 46.0 Å². The summed E-state index contributed by atoms with van der Waals surface area (Å²) < 4.78 is 5.38. The third kappa shape index (κ3) is 7.09. The molecule has 0 unspecified atom stereocenters. The molecule has 27 heavy (non-hydrogen) atoms. The number of carbonyl (C=O) groups is 1. The highest BCUT2D eigenvalue weighted by atomic mass is 16.6. The van der Waals surface area contributed by atoms with Gasteiger partial charge >= 0.3 is 6.09 Å². The van der Waals surface area contributed by atoms with Crippen molar-refractivity contribution in [2.24, 2.45) is 4.99 Å². The molecule has 2 rings (SSSR count). The van der Waals surface area contributed by atoms with Gasteiger partial charge in [-0.3, -0.25) is 4.99 Å². The molecule has 0 aromatic heterocycles. The zero-order valence-corrected chi connectivity index (χ0v) is 17.4. The fraction of sp³-hybridized carbons (Fsp3) is 0.600. The van der Waals surface area contributed by atoms with Crippen molar-refractivity contribution in [3.05, 3.63) is 35.4 Å². The number of ether oxygens (including phenoxy) is 1. The maximum absolute atomic E-state index is 12.0. The second-order valence-corrected chi connectivity index (χ2v) is 8.21. The van der Waals surface area contributed by atoms with Crippen molar-refractivity contribution in [3.8, 4) is 0 Å². The van der Waals surface area contributed by atoms with E-state index in [2.05, 4.69) is 58.9 Å². The summed E-state index contributed by atoms with van der Waals surface area (Å²) in [6.45, 7) is 8.48. The van der Waals surface area contributed by atoms with Gasteiger partial charge in [-0.1, -0.05) is 24.3 Å². The Labute approximate surface area is 162 Å². The Balaban J connectivity index is 1.77. The van der Waals surface area contributed by atoms with Crippen LogP contribution in [0.15, 0.2) is 29.3 Å². The summed E-state index contributed by atoms with van der Waals surface area (Å²) in [7, 11) is 5.88. The third-order valence-electron chi connectivity index (χ3n) is 4.05. The molecule has 7 heteroatoms. The molecule has 0 saturated carbocycles. The summed E-state index contributed by atoms with van der Waals surface area (Å²) in [4.78, 5) is 20.1. The number of nitrogens with zero attached hydrogens (tertiary/aromatic N) is 3. The number of guanidine groups is 1. The molecule has 2 N–H and O–H groups in total. The van der Waals surface area contributed by atoms with Gasteiger partial charge in [0, 0.05) is 33.2 Å². The summed E-state index contributed by atoms with van der Waals surface area (Å²) in [6.07, 6.45) is -0.263. The average Bonchev–Trinajstić information content (AvgIpc) is 2.51. The molecule has 7 nitrogen and oxygen atoms in total. The van der Waals surface area contributed by atoms with Gasteiger partial charge in [-0.25, -0.2) is 4.79 Å². The molecule has 0 radical (unpaired) electrons. The lowest BCUT2D eigenvalue weighted by atomic mass is 10.1. The van der Waals surface area contributed by atoms with Crippen molar-refractivity contribution in [1.29, 1.82) is 0 Å². The van der Waals surface area contributed by atoms with Gasteiger partial charge in [0.1, 0.15) is 5.60 Å².